The van der Waals surface area contributed by atoms with E-state index in [1.54, 1.807) is 17.5 Å². The van der Waals surface area contributed by atoms with E-state index < -0.39 is 0 Å². The van der Waals surface area contributed by atoms with E-state index in [0.29, 0.717) is 0 Å². The maximum Gasteiger partial charge on any atom is 0.0351 e. The Balaban J connectivity index is 2.62. The zero-order valence-corrected chi connectivity index (χ0v) is 8.84. The minimum absolute atomic E-state index is 1.26. The normalized spacial score (nSPS) is 11.2. The predicted octanol–water partition coefficient (Wildman–Crippen LogP) is 3.88. The van der Waals surface area contributed by atoms with Gasteiger partial charge in [-0.1, -0.05) is 18.2 Å². The highest BCUT2D eigenvalue weighted by Gasteiger charge is 2.03. The summed E-state index contributed by atoms with van der Waals surface area (Å²) in [5.74, 6) is 0. The second-order valence-electron chi connectivity index (χ2n) is 3.09. The number of aryl methyl sites for hydroxylation is 1. The molecule has 0 fully saturated rings. The molecule has 0 aliphatic carbocycles. The average Bonchev–Trinajstić information content (AvgIpc) is 2.54. The van der Waals surface area contributed by atoms with Gasteiger partial charge in [0.15, 0.2) is 0 Å². The molecule has 1 nitrogen and oxygen atoms in total. The number of hydrogen-bond donors (Lipinski definition) is 0. The van der Waals surface area contributed by atoms with Crippen molar-refractivity contribution in [2.24, 2.45) is 4.99 Å². The summed E-state index contributed by atoms with van der Waals surface area (Å²) >= 11 is 1.79. The van der Waals surface area contributed by atoms with Crippen molar-refractivity contribution in [1.29, 1.82) is 0 Å². The van der Waals surface area contributed by atoms with Gasteiger partial charge >= 0.3 is 0 Å². The van der Waals surface area contributed by atoms with Crippen LogP contribution < -0.4 is 0 Å². The fourth-order valence-electron chi connectivity index (χ4n) is 1.47. The van der Waals surface area contributed by atoms with Crippen LogP contribution in [0.2, 0.25) is 0 Å². The molecule has 70 valence electrons. The molecule has 2 aromatic rings. The van der Waals surface area contributed by atoms with Crippen molar-refractivity contribution in [3.63, 3.8) is 0 Å². The Morgan fingerprint density at radius 3 is 2.86 bits per heavy atom. The van der Waals surface area contributed by atoms with Crippen LogP contribution in [0.25, 0.3) is 16.2 Å². The second-order valence-corrected chi connectivity index (χ2v) is 4.17. The first-order valence-electron chi connectivity index (χ1n) is 4.43. The van der Waals surface area contributed by atoms with E-state index in [2.05, 4.69) is 42.9 Å². The smallest absolute Gasteiger partial charge is 0.0351 e. The van der Waals surface area contributed by atoms with Gasteiger partial charge in [-0.3, -0.25) is 4.99 Å². The van der Waals surface area contributed by atoms with Crippen LogP contribution in [0.4, 0.5) is 0 Å². The largest absolute Gasteiger partial charge is 0.272 e. The first-order valence-corrected chi connectivity index (χ1v) is 5.25. The van der Waals surface area contributed by atoms with Crippen LogP contribution in [0.5, 0.6) is 0 Å². The summed E-state index contributed by atoms with van der Waals surface area (Å²) in [6.07, 6.45) is 3.74. The van der Waals surface area contributed by atoms with Crippen molar-refractivity contribution in [1.82, 2.24) is 0 Å². The van der Waals surface area contributed by atoms with Gasteiger partial charge in [0.05, 0.1) is 0 Å². The molecule has 0 radical (unpaired) electrons. The molecule has 0 amide bonds. The van der Waals surface area contributed by atoms with E-state index in [1.807, 2.05) is 6.08 Å². The summed E-state index contributed by atoms with van der Waals surface area (Å²) in [4.78, 5) is 4.98. The first-order chi connectivity index (χ1) is 6.83. The lowest BCUT2D eigenvalue weighted by Gasteiger charge is -1.89. The Morgan fingerprint density at radius 2 is 2.14 bits per heavy atom. The zero-order chi connectivity index (χ0) is 9.97. The highest BCUT2D eigenvalue weighted by atomic mass is 32.1. The summed E-state index contributed by atoms with van der Waals surface area (Å²) in [6, 6.07) is 8.43. The van der Waals surface area contributed by atoms with E-state index in [9.17, 15) is 0 Å². The lowest BCUT2D eigenvalue weighted by atomic mass is 10.1. The molecule has 0 bridgehead atoms. The molecule has 1 aromatic heterocycles. The van der Waals surface area contributed by atoms with Gasteiger partial charge in [0.2, 0.25) is 0 Å². The number of nitrogens with zero attached hydrogens (tertiary/aromatic N) is 1. The third kappa shape index (κ3) is 1.49. The van der Waals surface area contributed by atoms with Crippen LogP contribution in [0.15, 0.2) is 35.5 Å². The Morgan fingerprint density at radius 1 is 1.36 bits per heavy atom. The fraction of sp³-hybridized carbons (Fsp3) is 0.0833. The van der Waals surface area contributed by atoms with Crippen LogP contribution in [-0.2, 0) is 0 Å². The van der Waals surface area contributed by atoms with Crippen molar-refractivity contribution in [2.75, 3.05) is 0 Å². The number of thiophene rings is 1. The molecule has 1 aromatic carbocycles. The van der Waals surface area contributed by atoms with E-state index in [4.69, 9.17) is 0 Å². The van der Waals surface area contributed by atoms with Gasteiger partial charge in [-0.15, -0.1) is 11.3 Å². The van der Waals surface area contributed by atoms with Gasteiger partial charge in [-0.05, 0) is 36.7 Å². The molecule has 0 unspecified atom stereocenters. The third-order valence-corrected chi connectivity index (χ3v) is 3.45. The minimum Gasteiger partial charge on any atom is -0.272 e. The molecule has 0 saturated carbocycles. The molecular weight excluding hydrogens is 190 g/mol. The summed E-state index contributed by atoms with van der Waals surface area (Å²) in [6.45, 7) is 5.57. The molecule has 0 atom stereocenters. The summed E-state index contributed by atoms with van der Waals surface area (Å²) in [7, 11) is 0. The standard InChI is InChI=1S/C12H11NS/c1-9-10-5-3-4-6-12(10)14-11(9)7-8-13-2/h3-8H,2H2,1H3/b8-7-. The Labute approximate surface area is 87.4 Å². The van der Waals surface area contributed by atoms with Crippen molar-refractivity contribution in [2.45, 2.75) is 6.92 Å². The zero-order valence-electron chi connectivity index (χ0n) is 8.03. The first kappa shape index (κ1) is 9.16. The van der Waals surface area contributed by atoms with E-state index in [-0.39, 0.29) is 0 Å². The van der Waals surface area contributed by atoms with Crippen LogP contribution in [-0.4, -0.2) is 6.72 Å². The Kier molecular flexibility index (Phi) is 2.46. The summed E-state index contributed by atoms with van der Waals surface area (Å²) in [5.41, 5.74) is 1.32. The van der Waals surface area contributed by atoms with E-state index in [1.165, 1.54) is 20.5 Å². The molecular formula is C12H11NS. The van der Waals surface area contributed by atoms with E-state index >= 15 is 0 Å². The lowest BCUT2D eigenvalue weighted by molar-refractivity contribution is 1.56. The monoisotopic (exact) mass is 201 g/mol. The maximum atomic E-state index is 3.72. The number of benzene rings is 1. The molecule has 0 saturated heterocycles. The molecule has 2 rings (SSSR count). The van der Waals surface area contributed by atoms with E-state index in [0.717, 1.165) is 0 Å². The molecule has 0 aliphatic rings. The molecule has 14 heavy (non-hydrogen) atoms. The number of aliphatic imine (C=N–C) groups is 1. The molecule has 0 spiro atoms. The SMILES string of the molecule is C=N/C=C\c1sc2ccccc2c1C. The van der Waals surface area contributed by atoms with Gasteiger partial charge in [-0.25, -0.2) is 0 Å². The Hall–Kier alpha value is -1.41. The molecule has 1 heterocycles. The molecule has 2 heteroatoms. The third-order valence-electron chi connectivity index (χ3n) is 2.21. The average molecular weight is 201 g/mol. The van der Waals surface area contributed by atoms with Crippen molar-refractivity contribution in [3.8, 4) is 0 Å². The molecule has 0 aliphatic heterocycles. The quantitative estimate of drug-likeness (QED) is 0.654. The van der Waals surface area contributed by atoms with Crippen LogP contribution >= 0.6 is 11.3 Å². The maximum absolute atomic E-state index is 3.72. The predicted molar refractivity (Wildman–Crippen MR) is 65.1 cm³/mol. The van der Waals surface area contributed by atoms with Gasteiger partial charge < -0.3 is 0 Å². The number of fused-ring (bicyclic) bond motifs is 1. The van der Waals surface area contributed by atoms with Gasteiger partial charge in [0.25, 0.3) is 0 Å². The second kappa shape index (κ2) is 3.76. The van der Waals surface area contributed by atoms with Gasteiger partial charge in [0, 0.05) is 15.8 Å². The topological polar surface area (TPSA) is 12.4 Å². The summed E-state index contributed by atoms with van der Waals surface area (Å²) < 4.78 is 1.33. The summed E-state index contributed by atoms with van der Waals surface area (Å²) in [5, 5.41) is 1.33. The van der Waals surface area contributed by atoms with Crippen LogP contribution in [0.1, 0.15) is 10.4 Å². The van der Waals surface area contributed by atoms with Crippen molar-refractivity contribution < 1.29 is 0 Å². The fourth-order valence-corrected chi connectivity index (χ4v) is 2.58. The Bertz CT molecular complexity index is 494. The minimum atomic E-state index is 1.26. The number of rotatable bonds is 2. The van der Waals surface area contributed by atoms with Gasteiger partial charge in [0.1, 0.15) is 0 Å². The van der Waals surface area contributed by atoms with Crippen molar-refractivity contribution in [3.05, 3.63) is 40.9 Å². The lowest BCUT2D eigenvalue weighted by Crippen LogP contribution is -1.69. The number of hydrogen-bond acceptors (Lipinski definition) is 2. The van der Waals surface area contributed by atoms with Gasteiger partial charge in [-0.2, -0.15) is 0 Å². The van der Waals surface area contributed by atoms with Crippen molar-refractivity contribution >= 4 is 34.2 Å². The van der Waals surface area contributed by atoms with Crippen LogP contribution in [0.3, 0.4) is 0 Å². The highest BCUT2D eigenvalue weighted by Crippen LogP contribution is 2.31. The molecule has 0 N–H and O–H groups in total. The highest BCUT2D eigenvalue weighted by molar-refractivity contribution is 7.20. The van der Waals surface area contributed by atoms with Crippen LogP contribution in [0, 0.1) is 6.92 Å².